The van der Waals surface area contributed by atoms with E-state index in [1.807, 2.05) is 18.2 Å². The smallest absolute Gasteiger partial charge is 0.195 e. The molecule has 19 heavy (non-hydrogen) atoms. The van der Waals surface area contributed by atoms with Crippen LogP contribution in [0.3, 0.4) is 0 Å². The van der Waals surface area contributed by atoms with Gasteiger partial charge >= 0.3 is 0 Å². The van der Waals surface area contributed by atoms with E-state index >= 15 is 0 Å². The molecule has 1 heterocycles. The Morgan fingerprint density at radius 3 is 2.47 bits per heavy atom. The third kappa shape index (κ3) is 3.07. The van der Waals surface area contributed by atoms with E-state index in [1.165, 1.54) is 0 Å². The normalized spacial score (nSPS) is 18.1. The molecule has 1 aromatic rings. The SMILES string of the molecule is CC(C)(C)CC1(c2ccccc2N=[N+]=[N-])OCCO1. The van der Waals surface area contributed by atoms with Crippen LogP contribution in [0, 0.1) is 5.41 Å². The van der Waals surface area contributed by atoms with Crippen molar-refractivity contribution in [3.05, 3.63) is 40.3 Å². The number of nitrogens with zero attached hydrogens (tertiary/aromatic N) is 3. The molecule has 1 aliphatic heterocycles. The van der Waals surface area contributed by atoms with Crippen molar-refractivity contribution in [3.63, 3.8) is 0 Å². The van der Waals surface area contributed by atoms with Crippen LogP contribution in [-0.4, -0.2) is 13.2 Å². The van der Waals surface area contributed by atoms with Gasteiger partial charge in [-0.3, -0.25) is 0 Å². The molecule has 0 amide bonds. The molecule has 0 radical (unpaired) electrons. The van der Waals surface area contributed by atoms with Crippen LogP contribution in [0.1, 0.15) is 32.8 Å². The van der Waals surface area contributed by atoms with Crippen LogP contribution >= 0.6 is 0 Å². The number of benzene rings is 1. The quantitative estimate of drug-likeness (QED) is 0.463. The Kier molecular flexibility index (Phi) is 3.80. The molecule has 5 heteroatoms. The van der Waals surface area contributed by atoms with Crippen LogP contribution in [0.25, 0.3) is 10.4 Å². The van der Waals surface area contributed by atoms with Crippen molar-refractivity contribution in [2.24, 2.45) is 10.5 Å². The highest BCUT2D eigenvalue weighted by atomic mass is 16.7. The van der Waals surface area contributed by atoms with E-state index in [-0.39, 0.29) is 5.41 Å². The minimum Gasteiger partial charge on any atom is -0.343 e. The highest BCUT2D eigenvalue weighted by Gasteiger charge is 2.42. The van der Waals surface area contributed by atoms with Crippen molar-refractivity contribution in [2.75, 3.05) is 13.2 Å². The molecule has 1 aromatic carbocycles. The first-order chi connectivity index (χ1) is 8.97. The summed E-state index contributed by atoms with van der Waals surface area (Å²) in [7, 11) is 0. The zero-order valence-corrected chi connectivity index (χ0v) is 11.6. The maximum absolute atomic E-state index is 8.68. The number of hydrogen-bond acceptors (Lipinski definition) is 3. The Balaban J connectivity index is 2.47. The lowest BCUT2D eigenvalue weighted by Gasteiger charge is -2.34. The van der Waals surface area contributed by atoms with Crippen molar-refractivity contribution in [3.8, 4) is 0 Å². The van der Waals surface area contributed by atoms with Crippen molar-refractivity contribution in [2.45, 2.75) is 33.0 Å². The largest absolute Gasteiger partial charge is 0.343 e. The molecule has 1 saturated heterocycles. The summed E-state index contributed by atoms with van der Waals surface area (Å²) in [5.74, 6) is -0.803. The number of rotatable bonds is 3. The van der Waals surface area contributed by atoms with Crippen LogP contribution < -0.4 is 0 Å². The molecule has 1 fully saturated rings. The fourth-order valence-electron chi connectivity index (χ4n) is 2.44. The van der Waals surface area contributed by atoms with E-state index in [0.29, 0.717) is 25.3 Å². The van der Waals surface area contributed by atoms with Gasteiger partial charge in [-0.25, -0.2) is 0 Å². The summed E-state index contributed by atoms with van der Waals surface area (Å²) in [6.45, 7) is 7.52. The van der Waals surface area contributed by atoms with Gasteiger partial charge in [0.05, 0.1) is 13.2 Å². The Hall–Kier alpha value is -1.55. The van der Waals surface area contributed by atoms with Gasteiger partial charge in [-0.15, -0.1) is 0 Å². The first-order valence-electron chi connectivity index (χ1n) is 6.39. The molecule has 0 bridgehead atoms. The van der Waals surface area contributed by atoms with E-state index in [4.69, 9.17) is 15.0 Å². The molecule has 0 unspecified atom stereocenters. The van der Waals surface area contributed by atoms with Gasteiger partial charge in [-0.2, -0.15) is 0 Å². The van der Waals surface area contributed by atoms with E-state index in [9.17, 15) is 0 Å². The lowest BCUT2D eigenvalue weighted by molar-refractivity contribution is -0.185. The second-order valence-corrected chi connectivity index (χ2v) is 5.89. The maximum Gasteiger partial charge on any atom is 0.195 e. The third-order valence-corrected chi connectivity index (χ3v) is 2.98. The minimum atomic E-state index is -0.803. The van der Waals surface area contributed by atoms with Crippen LogP contribution in [-0.2, 0) is 15.3 Å². The van der Waals surface area contributed by atoms with Gasteiger partial charge < -0.3 is 9.47 Å². The van der Waals surface area contributed by atoms with E-state index in [2.05, 4.69) is 30.8 Å². The van der Waals surface area contributed by atoms with E-state index in [1.54, 1.807) is 6.07 Å². The van der Waals surface area contributed by atoms with Gasteiger partial charge in [0.15, 0.2) is 5.79 Å². The summed E-state index contributed by atoms with van der Waals surface area (Å²) in [5.41, 5.74) is 10.1. The van der Waals surface area contributed by atoms with Gasteiger partial charge in [0, 0.05) is 22.6 Å². The van der Waals surface area contributed by atoms with Crippen molar-refractivity contribution in [1.82, 2.24) is 0 Å². The second-order valence-electron chi connectivity index (χ2n) is 5.89. The Bertz CT molecular complexity index is 496. The van der Waals surface area contributed by atoms with Gasteiger partial charge in [-0.05, 0) is 10.9 Å². The molecule has 0 aliphatic carbocycles. The summed E-state index contributed by atoms with van der Waals surface area (Å²) in [6.07, 6.45) is 0.706. The van der Waals surface area contributed by atoms with Crippen LogP contribution in [0.4, 0.5) is 5.69 Å². The van der Waals surface area contributed by atoms with E-state index in [0.717, 1.165) is 5.56 Å². The first-order valence-corrected chi connectivity index (χ1v) is 6.39. The summed E-state index contributed by atoms with van der Waals surface area (Å²) in [4.78, 5) is 2.88. The first kappa shape index (κ1) is 13.9. The molecule has 0 aromatic heterocycles. The molecule has 0 spiro atoms. The summed E-state index contributed by atoms with van der Waals surface area (Å²) in [6, 6.07) is 7.43. The zero-order valence-electron chi connectivity index (χ0n) is 11.6. The molecule has 1 aliphatic rings. The predicted molar refractivity (Wildman–Crippen MR) is 72.9 cm³/mol. The lowest BCUT2D eigenvalue weighted by Crippen LogP contribution is -2.32. The molecule has 0 atom stereocenters. The van der Waals surface area contributed by atoms with Gasteiger partial charge in [-0.1, -0.05) is 50.2 Å². The molecule has 0 saturated carbocycles. The van der Waals surface area contributed by atoms with Crippen molar-refractivity contribution < 1.29 is 9.47 Å². The lowest BCUT2D eigenvalue weighted by atomic mass is 9.84. The summed E-state index contributed by atoms with van der Waals surface area (Å²) >= 11 is 0. The average Bonchev–Trinajstić information content (AvgIpc) is 2.77. The number of azide groups is 1. The van der Waals surface area contributed by atoms with Crippen LogP contribution in [0.2, 0.25) is 0 Å². The van der Waals surface area contributed by atoms with E-state index < -0.39 is 5.79 Å². The zero-order chi connectivity index (χ0) is 13.9. The third-order valence-electron chi connectivity index (χ3n) is 2.98. The van der Waals surface area contributed by atoms with Crippen LogP contribution in [0.15, 0.2) is 29.4 Å². The Labute approximate surface area is 113 Å². The maximum atomic E-state index is 8.68. The molecule has 0 N–H and O–H groups in total. The average molecular weight is 261 g/mol. The Morgan fingerprint density at radius 1 is 1.26 bits per heavy atom. The summed E-state index contributed by atoms with van der Waals surface area (Å²) < 4.78 is 11.8. The molecule has 5 nitrogen and oxygen atoms in total. The number of hydrogen-bond donors (Lipinski definition) is 0. The summed E-state index contributed by atoms with van der Waals surface area (Å²) in [5, 5.41) is 3.75. The molecular formula is C14H19N3O2. The highest BCUT2D eigenvalue weighted by molar-refractivity contribution is 5.48. The van der Waals surface area contributed by atoms with Crippen LogP contribution in [0.5, 0.6) is 0 Å². The topological polar surface area (TPSA) is 67.2 Å². The van der Waals surface area contributed by atoms with Gasteiger partial charge in [0.25, 0.3) is 0 Å². The molecular weight excluding hydrogens is 242 g/mol. The van der Waals surface area contributed by atoms with Crippen molar-refractivity contribution in [1.29, 1.82) is 0 Å². The van der Waals surface area contributed by atoms with Gasteiger partial charge in [0.1, 0.15) is 0 Å². The molecule has 102 valence electrons. The standard InChI is InChI=1S/C14H19N3O2/c1-13(2,3)10-14(18-8-9-19-14)11-6-4-5-7-12(11)16-17-15/h4-7H,8-10H2,1-3H3. The monoisotopic (exact) mass is 261 g/mol. The Morgan fingerprint density at radius 2 is 1.89 bits per heavy atom. The number of ether oxygens (including phenoxy) is 2. The minimum absolute atomic E-state index is 0.0355. The van der Waals surface area contributed by atoms with Gasteiger partial charge in [0.2, 0.25) is 0 Å². The predicted octanol–water partition coefficient (Wildman–Crippen LogP) is 4.26. The fourth-order valence-corrected chi connectivity index (χ4v) is 2.44. The highest BCUT2D eigenvalue weighted by Crippen LogP contribution is 2.44. The van der Waals surface area contributed by atoms with Crippen molar-refractivity contribution >= 4 is 5.69 Å². The second kappa shape index (κ2) is 5.21. The molecule has 2 rings (SSSR count). The fraction of sp³-hybridized carbons (Fsp3) is 0.571.